The maximum absolute atomic E-state index is 16.1. The van der Waals surface area contributed by atoms with Crippen LogP contribution >= 0.6 is 11.6 Å². The minimum absolute atomic E-state index is 0.00320. The SMILES string of the molecule is CCOc1cc(C(=O)Nc2cc(C#N)ccn2)cc(F)c1-c1nc([C@@H]2CC[C@H]3CCC(=O)N3C2)n2c(Cl)cnc(N)c12. The van der Waals surface area contributed by atoms with Crippen LogP contribution in [-0.2, 0) is 4.79 Å². The van der Waals surface area contributed by atoms with Crippen LogP contribution in [0.4, 0.5) is 16.0 Å². The molecule has 5 heterocycles. The van der Waals surface area contributed by atoms with Crippen LogP contribution in [0, 0.1) is 17.1 Å². The zero-order chi connectivity index (χ0) is 29.5. The molecule has 214 valence electrons. The monoisotopic (exact) mass is 588 g/mol. The molecule has 2 saturated heterocycles. The summed E-state index contributed by atoms with van der Waals surface area (Å²) in [7, 11) is 0. The van der Waals surface area contributed by atoms with Crippen molar-refractivity contribution in [1.29, 1.82) is 5.26 Å². The van der Waals surface area contributed by atoms with Crippen LogP contribution in [0.1, 0.15) is 60.3 Å². The van der Waals surface area contributed by atoms with Crippen molar-refractivity contribution in [2.75, 3.05) is 24.2 Å². The molecule has 0 radical (unpaired) electrons. The maximum Gasteiger partial charge on any atom is 0.257 e. The second-order valence-electron chi connectivity index (χ2n) is 10.2. The van der Waals surface area contributed by atoms with Crippen LogP contribution in [0.15, 0.2) is 36.7 Å². The van der Waals surface area contributed by atoms with Crippen LogP contribution in [-0.4, -0.2) is 55.3 Å². The standard InChI is InChI=1S/C29H26ClFN8O3/c1-2-42-20-11-17(29(41)36-22-9-15(12-32)7-8-34-22)10-19(31)24(20)25-26-27(33)35-13-21(30)39(26)28(37-25)16-3-4-18-5-6-23(40)38(18)14-16/h7-11,13,16,18H,2-6,14H2,1H3,(H2,33,35)(H,34,36,41)/t16-,18+/m1/s1. The minimum Gasteiger partial charge on any atom is -0.493 e. The number of halogens is 2. The summed E-state index contributed by atoms with van der Waals surface area (Å²) in [5, 5.41) is 12.0. The van der Waals surface area contributed by atoms with Crippen molar-refractivity contribution >= 4 is 40.6 Å². The Morgan fingerprint density at radius 3 is 2.90 bits per heavy atom. The number of nitrogens with zero attached hydrogens (tertiary/aromatic N) is 6. The lowest BCUT2D eigenvalue weighted by Crippen LogP contribution is -2.41. The van der Waals surface area contributed by atoms with Crippen molar-refractivity contribution in [3.05, 3.63) is 64.6 Å². The number of hydrogen-bond donors (Lipinski definition) is 2. The molecule has 0 bridgehead atoms. The fraction of sp³-hybridized carbons (Fsp3) is 0.310. The highest BCUT2D eigenvalue weighted by molar-refractivity contribution is 6.30. The Labute approximate surface area is 245 Å². The third kappa shape index (κ3) is 4.75. The molecule has 2 amide bonds. The van der Waals surface area contributed by atoms with E-state index in [0.29, 0.717) is 29.9 Å². The van der Waals surface area contributed by atoms with Gasteiger partial charge >= 0.3 is 0 Å². The topological polar surface area (TPSA) is 152 Å². The van der Waals surface area contributed by atoms with E-state index in [-0.39, 0.29) is 63.8 Å². The first-order valence-electron chi connectivity index (χ1n) is 13.5. The molecule has 11 nitrogen and oxygen atoms in total. The smallest absolute Gasteiger partial charge is 0.257 e. The second kappa shape index (κ2) is 10.9. The number of nitrogens with one attached hydrogen (secondary N) is 1. The fourth-order valence-electron chi connectivity index (χ4n) is 5.83. The van der Waals surface area contributed by atoms with Crippen molar-refractivity contribution in [2.24, 2.45) is 0 Å². The van der Waals surface area contributed by atoms with Crippen LogP contribution < -0.4 is 15.8 Å². The van der Waals surface area contributed by atoms with Gasteiger partial charge in [-0.05, 0) is 50.5 Å². The molecule has 4 aromatic rings. The van der Waals surface area contributed by atoms with Gasteiger partial charge in [0.1, 0.15) is 45.4 Å². The van der Waals surface area contributed by atoms with E-state index in [1.165, 1.54) is 30.6 Å². The molecule has 0 unspecified atom stereocenters. The van der Waals surface area contributed by atoms with E-state index in [4.69, 9.17) is 32.3 Å². The molecule has 0 spiro atoms. The Morgan fingerprint density at radius 1 is 1.29 bits per heavy atom. The number of rotatable bonds is 6. The summed E-state index contributed by atoms with van der Waals surface area (Å²) in [6.45, 7) is 2.39. The highest BCUT2D eigenvalue weighted by atomic mass is 35.5. The number of nitriles is 1. The number of aromatic nitrogens is 4. The first kappa shape index (κ1) is 27.4. The Kier molecular flexibility index (Phi) is 7.12. The van der Waals surface area contributed by atoms with Gasteiger partial charge in [-0.1, -0.05) is 11.6 Å². The summed E-state index contributed by atoms with van der Waals surface area (Å²) in [5.74, 6) is -0.604. The van der Waals surface area contributed by atoms with E-state index < -0.39 is 11.7 Å². The number of fused-ring (bicyclic) bond motifs is 2. The molecule has 3 aromatic heterocycles. The molecule has 2 atom stereocenters. The number of nitrogens with two attached hydrogens (primary N) is 1. The Bertz CT molecular complexity index is 1790. The zero-order valence-electron chi connectivity index (χ0n) is 22.6. The number of nitrogen functional groups attached to an aromatic ring is 1. The van der Waals surface area contributed by atoms with Gasteiger partial charge in [-0.2, -0.15) is 5.26 Å². The van der Waals surface area contributed by atoms with Gasteiger partial charge in [-0.25, -0.2) is 19.3 Å². The van der Waals surface area contributed by atoms with Crippen LogP contribution in [0.3, 0.4) is 0 Å². The van der Waals surface area contributed by atoms with Gasteiger partial charge in [-0.3, -0.25) is 14.0 Å². The number of imidazole rings is 1. The number of ether oxygens (including phenoxy) is 1. The van der Waals surface area contributed by atoms with Gasteiger partial charge in [0.05, 0.1) is 30.0 Å². The third-order valence-electron chi connectivity index (χ3n) is 7.74. The van der Waals surface area contributed by atoms with Gasteiger partial charge < -0.3 is 20.7 Å². The first-order chi connectivity index (χ1) is 20.3. The molecule has 3 N–H and O–H groups in total. The minimum atomic E-state index is -0.769. The predicted octanol–water partition coefficient (Wildman–Crippen LogP) is 4.56. The van der Waals surface area contributed by atoms with E-state index in [9.17, 15) is 9.59 Å². The van der Waals surface area contributed by atoms with Crippen LogP contribution in [0.5, 0.6) is 5.75 Å². The normalized spacial score (nSPS) is 18.1. The summed E-state index contributed by atoms with van der Waals surface area (Å²) in [6.07, 6.45) is 5.78. The van der Waals surface area contributed by atoms with Crippen LogP contribution in [0.25, 0.3) is 16.8 Å². The van der Waals surface area contributed by atoms with Crippen molar-refractivity contribution in [1.82, 2.24) is 24.3 Å². The molecule has 2 fully saturated rings. The summed E-state index contributed by atoms with van der Waals surface area (Å²) in [6, 6.07) is 7.61. The maximum atomic E-state index is 16.1. The molecule has 2 aliphatic rings. The highest BCUT2D eigenvalue weighted by Crippen LogP contribution is 2.42. The Balaban J connectivity index is 1.44. The van der Waals surface area contributed by atoms with E-state index in [0.717, 1.165) is 25.3 Å². The number of anilines is 2. The molecule has 0 aliphatic carbocycles. The second-order valence-corrected chi connectivity index (χ2v) is 10.6. The molecule has 0 saturated carbocycles. The van der Waals surface area contributed by atoms with Gasteiger partial charge in [-0.15, -0.1) is 0 Å². The number of pyridine rings is 1. The first-order valence-corrected chi connectivity index (χ1v) is 13.9. The Morgan fingerprint density at radius 2 is 2.12 bits per heavy atom. The van der Waals surface area contributed by atoms with E-state index in [2.05, 4.69) is 15.3 Å². The van der Waals surface area contributed by atoms with E-state index in [1.807, 2.05) is 11.0 Å². The summed E-state index contributed by atoms with van der Waals surface area (Å²) in [5.41, 5.74) is 7.09. The lowest BCUT2D eigenvalue weighted by Gasteiger charge is -2.34. The largest absolute Gasteiger partial charge is 0.493 e. The summed E-state index contributed by atoms with van der Waals surface area (Å²) in [4.78, 5) is 40.6. The fourth-order valence-corrected chi connectivity index (χ4v) is 6.05. The van der Waals surface area contributed by atoms with E-state index in [1.54, 1.807) is 11.3 Å². The molecular formula is C29H26ClFN8O3. The lowest BCUT2D eigenvalue weighted by molar-refractivity contribution is -0.130. The van der Waals surface area contributed by atoms with Gasteiger partial charge in [0.15, 0.2) is 0 Å². The number of hydrogen-bond acceptors (Lipinski definition) is 8. The van der Waals surface area contributed by atoms with Crippen molar-refractivity contribution in [3.63, 3.8) is 0 Å². The van der Waals surface area contributed by atoms with Crippen molar-refractivity contribution in [3.8, 4) is 23.1 Å². The average Bonchev–Trinajstić information content (AvgIpc) is 3.56. The van der Waals surface area contributed by atoms with Gasteiger partial charge in [0.25, 0.3) is 5.91 Å². The molecule has 6 rings (SSSR count). The predicted molar refractivity (Wildman–Crippen MR) is 153 cm³/mol. The molecular weight excluding hydrogens is 563 g/mol. The zero-order valence-corrected chi connectivity index (χ0v) is 23.4. The molecule has 13 heteroatoms. The van der Waals surface area contributed by atoms with Crippen molar-refractivity contribution < 1.29 is 18.7 Å². The van der Waals surface area contributed by atoms with Crippen LogP contribution in [0.2, 0.25) is 5.15 Å². The number of carbonyl (C=O) groups excluding carboxylic acids is 2. The average molecular weight is 589 g/mol. The summed E-state index contributed by atoms with van der Waals surface area (Å²) >= 11 is 6.62. The number of amides is 2. The number of carbonyl (C=O) groups is 2. The highest BCUT2D eigenvalue weighted by Gasteiger charge is 2.39. The summed E-state index contributed by atoms with van der Waals surface area (Å²) < 4.78 is 23.5. The quantitative estimate of drug-likeness (QED) is 0.333. The number of benzene rings is 1. The van der Waals surface area contributed by atoms with E-state index >= 15 is 4.39 Å². The number of piperidine rings is 1. The third-order valence-corrected chi connectivity index (χ3v) is 8.00. The molecule has 42 heavy (non-hydrogen) atoms. The van der Waals surface area contributed by atoms with Crippen molar-refractivity contribution in [2.45, 2.75) is 44.6 Å². The molecule has 1 aromatic carbocycles. The Hall–Kier alpha value is -4.76. The van der Waals surface area contributed by atoms with Gasteiger partial charge in [0, 0.05) is 36.7 Å². The van der Waals surface area contributed by atoms with Gasteiger partial charge in [0.2, 0.25) is 5.91 Å². The lowest BCUT2D eigenvalue weighted by atomic mass is 9.92. The molecule has 2 aliphatic heterocycles.